The first-order valence-electron chi connectivity index (χ1n) is 0.816. The summed E-state index contributed by atoms with van der Waals surface area (Å²) in [5, 5.41) is 0. The van der Waals surface area contributed by atoms with Gasteiger partial charge in [-0.1, -0.05) is 6.47 Å². The van der Waals surface area contributed by atoms with Crippen LogP contribution in [0.3, 0.4) is 0 Å². The minimum atomic E-state index is 0. The van der Waals surface area contributed by atoms with Crippen LogP contribution in [0.2, 0.25) is 0 Å². The molecule has 0 heterocycles. The molecule has 0 fully saturated rings. The van der Waals surface area contributed by atoms with E-state index in [1.807, 2.05) is 0 Å². The number of rotatable bonds is 1. The van der Waals surface area contributed by atoms with E-state index in [1.165, 1.54) is 13.6 Å². The Morgan fingerprint density at radius 2 is 2.00 bits per heavy atom. The van der Waals surface area contributed by atoms with Crippen LogP contribution in [-0.4, -0.2) is 13.6 Å². The third-order valence-corrected chi connectivity index (χ3v) is 0.0833. The number of hydrogen-bond acceptors (Lipinski definition) is 2. The van der Waals surface area contributed by atoms with E-state index >= 15 is 0 Å². The van der Waals surface area contributed by atoms with Crippen molar-refractivity contribution >= 4 is 6.47 Å². The van der Waals surface area contributed by atoms with Crippen molar-refractivity contribution < 1.29 is 30.6 Å². The second-order valence-corrected chi connectivity index (χ2v) is 0.287. The van der Waals surface area contributed by atoms with Crippen LogP contribution in [0.1, 0.15) is 0 Å². The first-order valence-corrected chi connectivity index (χ1v) is 0.816. The average molecular weight is 243 g/mol. The molecule has 2 nitrogen and oxygen atoms in total. The fourth-order valence-electron chi connectivity index (χ4n) is 0. The van der Waals surface area contributed by atoms with E-state index in [2.05, 4.69) is 4.74 Å². The molecule has 0 radical (unpaired) electrons. The van der Waals surface area contributed by atoms with E-state index in [0.717, 1.165) is 0 Å². The molecule has 0 saturated heterocycles. The summed E-state index contributed by atoms with van der Waals surface area (Å²) in [7, 11) is 1.26. The summed E-state index contributed by atoms with van der Waals surface area (Å²) in [5.74, 6) is 0. The van der Waals surface area contributed by atoms with Gasteiger partial charge in [0.25, 0.3) is 0 Å². The van der Waals surface area contributed by atoms with Crippen molar-refractivity contribution in [3.63, 3.8) is 0 Å². The molecule has 0 aliphatic carbocycles. The standard InChI is InChI=1S/C2H3O2.W/c1-4-2-3;/h1H3;/q-1;. The molecule has 0 aromatic carbocycles. The van der Waals surface area contributed by atoms with Crippen LogP contribution < -0.4 is 0 Å². The third kappa shape index (κ3) is 14.4. The Bertz CT molecular complexity index is 21.6. The van der Waals surface area contributed by atoms with Gasteiger partial charge in [0.05, 0.1) is 0 Å². The van der Waals surface area contributed by atoms with E-state index in [0.29, 0.717) is 0 Å². The van der Waals surface area contributed by atoms with Gasteiger partial charge in [0.2, 0.25) is 0 Å². The minimum absolute atomic E-state index is 0. The molecule has 0 unspecified atom stereocenters. The van der Waals surface area contributed by atoms with Gasteiger partial charge in [-0.2, -0.15) is 0 Å². The van der Waals surface area contributed by atoms with Crippen molar-refractivity contribution in [3.8, 4) is 0 Å². The molecule has 0 spiro atoms. The molecule has 0 N–H and O–H groups in total. The summed E-state index contributed by atoms with van der Waals surface area (Å²) in [6.07, 6.45) is 0. The molecule has 0 aromatic heterocycles. The van der Waals surface area contributed by atoms with Gasteiger partial charge in [0, 0.05) is 28.2 Å². The van der Waals surface area contributed by atoms with E-state index in [4.69, 9.17) is 4.79 Å². The summed E-state index contributed by atoms with van der Waals surface area (Å²) in [6, 6.07) is 0. The summed E-state index contributed by atoms with van der Waals surface area (Å²) >= 11 is 0. The smallest absolute Gasteiger partial charge is 0.0362 e. The maximum atomic E-state index is 8.83. The third-order valence-electron chi connectivity index (χ3n) is 0.0833. The topological polar surface area (TPSA) is 26.3 Å². The predicted octanol–water partition coefficient (Wildman–Crippen LogP) is -0.302. The van der Waals surface area contributed by atoms with Gasteiger partial charge in [0.15, 0.2) is 0 Å². The molecular formula is C2H3O2W-. The van der Waals surface area contributed by atoms with Crippen molar-refractivity contribution in [2.75, 3.05) is 7.11 Å². The number of carbonyl (C=O) groups excluding carboxylic acids is 1. The fraction of sp³-hybridized carbons (Fsp3) is 0.500. The van der Waals surface area contributed by atoms with Gasteiger partial charge >= 0.3 is 0 Å². The molecule has 0 aromatic rings. The Kier molecular flexibility index (Phi) is 15.9. The van der Waals surface area contributed by atoms with Crippen LogP contribution in [0.25, 0.3) is 0 Å². The van der Waals surface area contributed by atoms with Crippen LogP contribution in [0.5, 0.6) is 0 Å². The first kappa shape index (κ1) is 8.94. The van der Waals surface area contributed by atoms with Crippen LogP contribution in [0.15, 0.2) is 0 Å². The first-order chi connectivity index (χ1) is 1.91. The molecule has 3 heteroatoms. The normalized spacial score (nSPS) is 4.20. The second-order valence-electron chi connectivity index (χ2n) is 0.287. The summed E-state index contributed by atoms with van der Waals surface area (Å²) < 4.78 is 3.74. The molecule has 0 aliphatic rings. The van der Waals surface area contributed by atoms with E-state index < -0.39 is 0 Å². The molecule has 0 aliphatic heterocycles. The maximum Gasteiger partial charge on any atom is 0.0362 e. The minimum Gasteiger partial charge on any atom is -0.655 e. The maximum absolute atomic E-state index is 8.83. The second kappa shape index (κ2) is 8.90. The zero-order chi connectivity index (χ0) is 3.41. The molecule has 5 heavy (non-hydrogen) atoms. The quantitative estimate of drug-likeness (QED) is 0.591. The van der Waals surface area contributed by atoms with Crippen molar-refractivity contribution in [2.24, 2.45) is 0 Å². The Labute approximate surface area is 44.8 Å². The number of hydrogen-bond donors (Lipinski definition) is 0. The van der Waals surface area contributed by atoms with Gasteiger partial charge in [-0.25, -0.2) is 0 Å². The summed E-state index contributed by atoms with van der Waals surface area (Å²) in [4.78, 5) is 8.83. The van der Waals surface area contributed by atoms with Crippen LogP contribution in [-0.2, 0) is 30.6 Å². The SMILES string of the molecule is CO[C-]=O.[W]. The van der Waals surface area contributed by atoms with Crippen LogP contribution in [0, 0.1) is 0 Å². The van der Waals surface area contributed by atoms with Gasteiger partial charge in [-0.15, -0.1) is 0 Å². The average Bonchev–Trinajstić information content (AvgIpc) is 1.37. The Morgan fingerprint density at radius 1 is 1.80 bits per heavy atom. The molecule has 0 atom stereocenters. The van der Waals surface area contributed by atoms with Gasteiger partial charge < -0.3 is 9.53 Å². The van der Waals surface area contributed by atoms with Crippen LogP contribution >= 0.6 is 0 Å². The monoisotopic (exact) mass is 243 g/mol. The van der Waals surface area contributed by atoms with E-state index in [1.54, 1.807) is 0 Å². The zero-order valence-corrected chi connectivity index (χ0v) is 5.66. The van der Waals surface area contributed by atoms with Crippen molar-refractivity contribution in [2.45, 2.75) is 0 Å². The van der Waals surface area contributed by atoms with Gasteiger partial charge in [-0.05, 0) is 0 Å². The summed E-state index contributed by atoms with van der Waals surface area (Å²) in [5.41, 5.74) is 0. The summed E-state index contributed by atoms with van der Waals surface area (Å²) in [6.45, 7) is 1.18. The molecular weight excluding hydrogens is 240 g/mol. The fourth-order valence-corrected chi connectivity index (χ4v) is 0. The van der Waals surface area contributed by atoms with Crippen molar-refractivity contribution in [1.82, 2.24) is 0 Å². The van der Waals surface area contributed by atoms with Crippen molar-refractivity contribution in [1.29, 1.82) is 0 Å². The largest absolute Gasteiger partial charge is 0.655 e. The Morgan fingerprint density at radius 3 is 2.00 bits per heavy atom. The molecule has 0 saturated carbocycles. The molecule has 0 bridgehead atoms. The van der Waals surface area contributed by atoms with Crippen molar-refractivity contribution in [3.05, 3.63) is 0 Å². The van der Waals surface area contributed by atoms with Crippen LogP contribution in [0.4, 0.5) is 0 Å². The molecule has 0 amide bonds. The van der Waals surface area contributed by atoms with Gasteiger partial charge in [-0.3, -0.25) is 0 Å². The molecule has 30 valence electrons. The number of ether oxygens (including phenoxy) is 1. The molecule has 0 rings (SSSR count). The Balaban J connectivity index is 0. The van der Waals surface area contributed by atoms with E-state index in [9.17, 15) is 0 Å². The Hall–Kier alpha value is 0.158. The number of methoxy groups -OCH3 is 1. The van der Waals surface area contributed by atoms with Gasteiger partial charge in [0.1, 0.15) is 0 Å². The zero-order valence-electron chi connectivity index (χ0n) is 2.72. The predicted molar refractivity (Wildman–Crippen MR) is 12.7 cm³/mol. The van der Waals surface area contributed by atoms with E-state index in [-0.39, 0.29) is 21.1 Å².